The molecule has 6 aliphatic heterocycles. The maximum absolute atomic E-state index is 15.8. The van der Waals surface area contributed by atoms with Crippen molar-refractivity contribution in [3.63, 3.8) is 0 Å². The van der Waals surface area contributed by atoms with Crippen LogP contribution in [-0.2, 0) is 40.0 Å². The van der Waals surface area contributed by atoms with Crippen molar-refractivity contribution in [3.05, 3.63) is 163 Å². The van der Waals surface area contributed by atoms with Gasteiger partial charge < -0.3 is 86.6 Å². The predicted octanol–water partition coefficient (Wildman–Crippen LogP) is 6.66. The standard InChI is InChI=1S/C60H47Cl3N6O18.B/c1-22-24-4-6-38(72)42(16-24)85-31-12-26(11-29(70)19-31)46-56(78)67-48-28-17-43(86-40-7-3-23(9-34(40)61)10-37(55(77)65-46)64-54(22)76)53(84-2)44(18-28)87-41-8-5-25(14-35(41)62)51(74)50-59(81)68-49(60(82)83)32-20-30(71)21-39(73)45(32)33-13-27(15-36(63)52(33)75)47(58(80)69-50)66-57(48)79;/h3-9,11-22,37,46-51,70-75H,10H2,1-2H3,(H,64,76)(H,65,77)(H,66,79)(H,67,78)(H,68,81)(H,69,80)(H,82,83);/t22-,37-,46+,47?,48-,49+,50-,51-;/m1./s1. The second-order valence-corrected chi connectivity index (χ2v) is 21.9. The third-order valence-corrected chi connectivity index (χ3v) is 15.8. The van der Waals surface area contributed by atoms with Crippen LogP contribution >= 0.6 is 34.8 Å². The van der Waals surface area contributed by atoms with Gasteiger partial charge in [-0.25, -0.2) is 4.79 Å². The third kappa shape index (κ3) is 11.7. The topological polar surface area (TPSA) is 370 Å². The van der Waals surface area contributed by atoms with Crippen molar-refractivity contribution in [1.29, 1.82) is 0 Å². The molecule has 449 valence electrons. The first kappa shape index (κ1) is 61.0. The van der Waals surface area contributed by atoms with E-state index in [9.17, 15) is 54.9 Å². The molecule has 3 radical (unpaired) electrons. The number of benzene rings is 7. The molecule has 6 amide bonds. The lowest BCUT2D eigenvalue weighted by Crippen LogP contribution is -2.55. The van der Waals surface area contributed by atoms with E-state index in [1.807, 2.05) is 0 Å². The Hall–Kier alpha value is -10.1. The molecule has 88 heavy (non-hydrogen) atoms. The van der Waals surface area contributed by atoms with Crippen molar-refractivity contribution >= 4 is 84.6 Å². The Bertz CT molecular complexity index is 4120. The molecule has 13 rings (SSSR count). The number of carbonyl (C=O) groups is 7. The summed E-state index contributed by atoms with van der Waals surface area (Å²) in [5.41, 5.74) is -1.86. The van der Waals surface area contributed by atoms with Crippen molar-refractivity contribution < 1.29 is 88.3 Å². The minimum Gasteiger partial charge on any atom is -0.508 e. The molecule has 17 bridgehead atoms. The Morgan fingerprint density at radius 3 is 1.74 bits per heavy atom. The molecule has 0 aromatic heterocycles. The Balaban J connectivity index is 0.00000855. The van der Waals surface area contributed by atoms with Crippen LogP contribution in [0.15, 0.2) is 109 Å². The summed E-state index contributed by atoms with van der Waals surface area (Å²) in [4.78, 5) is 104. The minimum absolute atomic E-state index is 0. The Morgan fingerprint density at radius 1 is 0.534 bits per heavy atom. The number of ether oxygens (including phenoxy) is 4. The van der Waals surface area contributed by atoms with Crippen molar-refractivity contribution in [2.75, 3.05) is 7.11 Å². The summed E-state index contributed by atoms with van der Waals surface area (Å²) in [6, 6.07) is 9.65. The fraction of sp³-hybridized carbons (Fsp3) is 0.183. The van der Waals surface area contributed by atoms with Crippen LogP contribution in [-0.4, -0.2) is 105 Å². The number of phenols is 5. The van der Waals surface area contributed by atoms with Crippen molar-refractivity contribution in [2.45, 2.75) is 61.6 Å². The van der Waals surface area contributed by atoms with Crippen LogP contribution in [0, 0.1) is 0 Å². The summed E-state index contributed by atoms with van der Waals surface area (Å²) in [6.07, 6.45) is -2.40. The van der Waals surface area contributed by atoms with Gasteiger partial charge in [-0.3, -0.25) is 28.8 Å². The van der Waals surface area contributed by atoms with Crippen LogP contribution < -0.4 is 50.8 Å². The van der Waals surface area contributed by atoms with Crippen LogP contribution in [0.25, 0.3) is 11.1 Å². The number of amides is 6. The third-order valence-electron chi connectivity index (χ3n) is 14.9. The fourth-order valence-corrected chi connectivity index (χ4v) is 11.3. The summed E-state index contributed by atoms with van der Waals surface area (Å²) in [6.45, 7) is 1.53. The summed E-state index contributed by atoms with van der Waals surface area (Å²) in [5, 5.41) is 93.2. The number of aromatic hydroxyl groups is 5. The summed E-state index contributed by atoms with van der Waals surface area (Å²) >= 11 is 20.6. The highest BCUT2D eigenvalue weighted by Crippen LogP contribution is 2.49. The van der Waals surface area contributed by atoms with E-state index in [1.54, 1.807) is 0 Å². The number of halogens is 3. The van der Waals surface area contributed by atoms with Gasteiger partial charge in [0.1, 0.15) is 76.6 Å². The molecule has 0 saturated heterocycles. The van der Waals surface area contributed by atoms with Gasteiger partial charge in [-0.15, -0.1) is 0 Å². The van der Waals surface area contributed by atoms with Gasteiger partial charge in [0, 0.05) is 43.7 Å². The van der Waals surface area contributed by atoms with Gasteiger partial charge in [-0.1, -0.05) is 53.0 Å². The number of carboxylic acids is 1. The van der Waals surface area contributed by atoms with Gasteiger partial charge in [0.25, 0.3) is 0 Å². The number of carboxylic acid groups (broad SMARTS) is 1. The second-order valence-electron chi connectivity index (χ2n) is 20.6. The summed E-state index contributed by atoms with van der Waals surface area (Å²) < 4.78 is 24.8. The molecule has 7 aromatic rings. The van der Waals surface area contributed by atoms with E-state index in [-0.39, 0.29) is 93.1 Å². The minimum atomic E-state index is -2.21. The van der Waals surface area contributed by atoms with Gasteiger partial charge >= 0.3 is 5.97 Å². The number of aliphatic carboxylic acids is 1. The summed E-state index contributed by atoms with van der Waals surface area (Å²) in [5.74, 6) is -14.3. The maximum Gasteiger partial charge on any atom is 0.330 e. The highest BCUT2D eigenvalue weighted by molar-refractivity contribution is 6.33. The number of nitrogens with one attached hydrogen (secondary N) is 6. The zero-order chi connectivity index (χ0) is 62.0. The molecule has 7 aromatic carbocycles. The maximum atomic E-state index is 15.8. The van der Waals surface area contributed by atoms with Crippen LogP contribution in [0.3, 0.4) is 0 Å². The van der Waals surface area contributed by atoms with E-state index in [2.05, 4.69) is 31.9 Å². The first-order valence-electron chi connectivity index (χ1n) is 26.3. The van der Waals surface area contributed by atoms with Crippen LogP contribution in [0.4, 0.5) is 0 Å². The lowest BCUT2D eigenvalue weighted by Gasteiger charge is -2.31. The Morgan fingerprint density at radius 2 is 1.10 bits per heavy atom. The lowest BCUT2D eigenvalue weighted by atomic mass is 9.89. The van der Waals surface area contributed by atoms with Crippen molar-refractivity contribution in [3.8, 4) is 80.1 Å². The number of aliphatic hydroxyl groups excluding tert-OH is 1. The monoisotopic (exact) mass is 1260 g/mol. The van der Waals surface area contributed by atoms with Gasteiger partial charge in [0.05, 0.1) is 28.1 Å². The number of hydrogen-bond donors (Lipinski definition) is 13. The van der Waals surface area contributed by atoms with Gasteiger partial charge in [-0.2, -0.15) is 0 Å². The SMILES string of the molecule is COc1c2cc3cc1Oc1ccc(cc1Cl)[C@@H](O)[C@H]1NC(=O)C(NC(=O)[C@@H]3NC(=O)[C@H]3NC(=O)[C@@H](Cc4ccc(c(Cl)c4)O2)NC(=O)[C@H](C)c2ccc(O)c(c2)Oc2cc(O)cc3c2)c2cc(Cl)c(O)c(c2)-c2c(O)cc(O)cc2[C@@H](C(=O)O)NC1=O.[B]. The number of carbonyl (C=O) groups excluding carboxylic acids is 6. The molecular weight excluding hydrogens is 1210 g/mol. The number of aliphatic hydroxyl groups is 1. The Labute approximate surface area is 514 Å². The molecule has 0 saturated carbocycles. The first-order valence-corrected chi connectivity index (χ1v) is 27.4. The normalized spacial score (nSPS) is 21.5. The molecule has 0 fully saturated rings. The molecule has 1 unspecified atom stereocenters. The molecule has 6 heterocycles. The molecule has 13 N–H and O–H groups in total. The highest BCUT2D eigenvalue weighted by atomic mass is 35.5. The average Bonchev–Trinajstić information content (AvgIpc) is 2.22. The van der Waals surface area contributed by atoms with Crippen LogP contribution in [0.5, 0.6) is 69.0 Å². The molecule has 28 heteroatoms. The fourth-order valence-electron chi connectivity index (χ4n) is 10.6. The number of rotatable bonds is 2. The van der Waals surface area contributed by atoms with Crippen LogP contribution in [0.2, 0.25) is 15.1 Å². The van der Waals surface area contributed by atoms with E-state index < -0.39 is 134 Å². The van der Waals surface area contributed by atoms with E-state index >= 15 is 14.4 Å². The van der Waals surface area contributed by atoms with E-state index in [1.165, 1.54) is 80.8 Å². The number of fused-ring (bicyclic) bond motifs is 14. The largest absolute Gasteiger partial charge is 0.508 e. The van der Waals surface area contributed by atoms with E-state index in [0.717, 1.165) is 42.5 Å². The molecule has 0 aliphatic carbocycles. The van der Waals surface area contributed by atoms with E-state index in [0.29, 0.717) is 11.1 Å². The zero-order valence-electron chi connectivity index (χ0n) is 45.6. The number of hydrogen-bond acceptors (Lipinski definition) is 17. The van der Waals surface area contributed by atoms with Crippen LogP contribution in [0.1, 0.15) is 82.1 Å². The molecular formula is C60H47BCl3N6O18. The second kappa shape index (κ2) is 24.0. The van der Waals surface area contributed by atoms with Gasteiger partial charge in [-0.05, 0) is 119 Å². The van der Waals surface area contributed by atoms with Crippen molar-refractivity contribution in [1.82, 2.24) is 31.9 Å². The molecule has 0 spiro atoms. The zero-order valence-corrected chi connectivity index (χ0v) is 47.8. The smallest absolute Gasteiger partial charge is 0.330 e. The molecule has 6 aliphatic rings. The first-order chi connectivity index (χ1) is 41.4. The van der Waals surface area contributed by atoms with Crippen molar-refractivity contribution in [2.24, 2.45) is 0 Å². The number of phenolic OH excluding ortho intramolecular Hbond substituents is 5. The summed E-state index contributed by atoms with van der Waals surface area (Å²) in [7, 11) is 1.24. The highest BCUT2D eigenvalue weighted by Gasteiger charge is 2.42. The predicted molar refractivity (Wildman–Crippen MR) is 312 cm³/mol. The quantitative estimate of drug-likeness (QED) is 0.0804. The van der Waals surface area contributed by atoms with Gasteiger partial charge in [0.15, 0.2) is 29.0 Å². The lowest BCUT2D eigenvalue weighted by molar-refractivity contribution is -0.143. The molecule has 8 atom stereocenters. The van der Waals surface area contributed by atoms with E-state index in [4.69, 9.17) is 53.8 Å². The van der Waals surface area contributed by atoms with Gasteiger partial charge in [0.2, 0.25) is 41.2 Å². The Kier molecular flexibility index (Phi) is 16.6. The molecule has 24 nitrogen and oxygen atoms in total. The average molecular weight is 1260 g/mol. The number of methoxy groups -OCH3 is 1.